The molecule has 0 aliphatic carbocycles. The molecule has 0 aliphatic rings. The fourth-order valence-electron chi connectivity index (χ4n) is 2.24. The van der Waals surface area contributed by atoms with E-state index in [1.807, 2.05) is 0 Å². The fourth-order valence-corrected chi connectivity index (χ4v) is 2.72. The molecule has 8 heteroatoms. The molecule has 0 radical (unpaired) electrons. The van der Waals surface area contributed by atoms with Gasteiger partial charge in [-0.25, -0.2) is 8.78 Å². The van der Waals surface area contributed by atoms with E-state index < -0.39 is 41.1 Å². The summed E-state index contributed by atoms with van der Waals surface area (Å²) in [6.45, 7) is 10.5. The Kier molecular flexibility index (Phi) is 8.34. The molecule has 2 atom stereocenters. The maximum Gasteiger partial charge on any atom is 0.324 e. The average Bonchev–Trinajstić information content (AvgIpc) is 2.44. The van der Waals surface area contributed by atoms with Crippen LogP contribution >= 0.6 is 15.9 Å². The number of carbonyl (C=O) groups excluding carboxylic acids is 1. The lowest BCUT2D eigenvalue weighted by atomic mass is 10.0. The van der Waals surface area contributed by atoms with Gasteiger partial charge in [0.1, 0.15) is 11.6 Å². The third-order valence-corrected chi connectivity index (χ3v) is 3.97. The van der Waals surface area contributed by atoms with Crippen LogP contribution in [0.3, 0.4) is 0 Å². The smallest absolute Gasteiger partial charge is 0.324 e. The molecule has 0 amide bonds. The third-order valence-electron chi connectivity index (χ3n) is 3.23. The number of hydrogen-bond acceptors (Lipinski definition) is 5. The number of carbonyl (C=O) groups is 1. The Morgan fingerprint density at radius 3 is 2.22 bits per heavy atom. The highest BCUT2D eigenvalue weighted by Crippen LogP contribution is 2.23. The Morgan fingerprint density at radius 2 is 1.70 bits per heavy atom. The zero-order valence-electron chi connectivity index (χ0n) is 16.5. The van der Waals surface area contributed by atoms with E-state index in [4.69, 9.17) is 9.47 Å². The zero-order valence-corrected chi connectivity index (χ0v) is 18.1. The lowest BCUT2D eigenvalue weighted by molar-refractivity contribution is -0.167. The number of hydrogen-bond donors (Lipinski definition) is 2. The van der Waals surface area contributed by atoms with Crippen LogP contribution < -0.4 is 5.32 Å². The first-order chi connectivity index (χ1) is 12.2. The summed E-state index contributed by atoms with van der Waals surface area (Å²) < 4.78 is 38.0. The van der Waals surface area contributed by atoms with E-state index >= 15 is 0 Å². The number of halogens is 3. The van der Waals surface area contributed by atoms with Gasteiger partial charge in [0.15, 0.2) is 17.9 Å². The third kappa shape index (κ3) is 9.10. The van der Waals surface area contributed by atoms with Crippen molar-refractivity contribution in [1.82, 2.24) is 5.32 Å². The van der Waals surface area contributed by atoms with E-state index in [1.165, 1.54) is 0 Å². The summed E-state index contributed by atoms with van der Waals surface area (Å²) in [6.07, 6.45) is -1.11. The van der Waals surface area contributed by atoms with Gasteiger partial charge in [-0.05, 0) is 65.7 Å². The lowest BCUT2D eigenvalue weighted by Crippen LogP contribution is -2.46. The summed E-state index contributed by atoms with van der Waals surface area (Å²) in [5.74, 6) is -2.56. The van der Waals surface area contributed by atoms with Gasteiger partial charge in [0, 0.05) is 11.0 Å². The Hall–Kier alpha value is -1.09. The summed E-state index contributed by atoms with van der Waals surface area (Å²) in [7, 11) is 0. The molecule has 0 aromatic heterocycles. The predicted octanol–water partition coefficient (Wildman–Crippen LogP) is 3.70. The Balaban J connectivity index is 2.94. The van der Waals surface area contributed by atoms with Gasteiger partial charge >= 0.3 is 5.97 Å². The fraction of sp³-hybridized carbons (Fsp3) is 0.632. The van der Waals surface area contributed by atoms with Gasteiger partial charge in [-0.3, -0.25) is 10.1 Å². The van der Waals surface area contributed by atoms with E-state index in [9.17, 15) is 18.7 Å². The molecule has 1 aromatic carbocycles. The van der Waals surface area contributed by atoms with Crippen molar-refractivity contribution in [1.29, 1.82) is 0 Å². The van der Waals surface area contributed by atoms with Crippen LogP contribution in [0.4, 0.5) is 8.78 Å². The molecular formula is C19H28BrF2NO4. The minimum absolute atomic E-state index is 0.0366. The van der Waals surface area contributed by atoms with Crippen molar-refractivity contribution in [3.63, 3.8) is 0 Å². The van der Waals surface area contributed by atoms with Crippen molar-refractivity contribution >= 4 is 21.9 Å². The van der Waals surface area contributed by atoms with Crippen LogP contribution in [-0.2, 0) is 20.7 Å². The van der Waals surface area contributed by atoms with Crippen LogP contribution in [0, 0.1) is 11.6 Å². The molecule has 0 spiro atoms. The van der Waals surface area contributed by atoms with E-state index in [2.05, 4.69) is 21.2 Å². The van der Waals surface area contributed by atoms with Crippen molar-refractivity contribution in [2.24, 2.45) is 0 Å². The number of aliphatic hydroxyl groups is 1. The molecule has 0 unspecified atom stereocenters. The average molecular weight is 452 g/mol. The standard InChI is InChI=1S/C19H28BrF2NO4/c1-18(2,3)26-16(24)10-23-15(17(25)27-19(4,5)6)8-11-7-13(21)14(22)9-12(11)20/h7,9,15-16,23-24H,8,10H2,1-6H3/t15-,16-/m0/s1. The highest BCUT2D eigenvalue weighted by Gasteiger charge is 2.27. The Morgan fingerprint density at radius 1 is 1.15 bits per heavy atom. The van der Waals surface area contributed by atoms with Crippen molar-refractivity contribution in [3.8, 4) is 0 Å². The first kappa shape index (κ1) is 23.9. The summed E-state index contributed by atoms with van der Waals surface area (Å²) in [4.78, 5) is 12.5. The second-order valence-corrected chi connectivity index (χ2v) is 9.10. The number of nitrogens with one attached hydrogen (secondary N) is 1. The minimum Gasteiger partial charge on any atom is -0.459 e. The van der Waals surface area contributed by atoms with Gasteiger partial charge in [0.2, 0.25) is 0 Å². The van der Waals surface area contributed by atoms with Crippen molar-refractivity contribution in [3.05, 3.63) is 33.8 Å². The molecule has 0 heterocycles. The summed E-state index contributed by atoms with van der Waals surface area (Å²) >= 11 is 3.18. The van der Waals surface area contributed by atoms with Gasteiger partial charge in [-0.2, -0.15) is 0 Å². The molecule has 154 valence electrons. The predicted molar refractivity (Wildman–Crippen MR) is 102 cm³/mol. The van der Waals surface area contributed by atoms with E-state index in [1.54, 1.807) is 41.5 Å². The Labute approximate surface area is 167 Å². The van der Waals surface area contributed by atoms with Crippen LogP contribution in [0.15, 0.2) is 16.6 Å². The molecule has 1 rings (SSSR count). The maximum atomic E-state index is 13.6. The van der Waals surface area contributed by atoms with Crippen LogP contribution in [0.2, 0.25) is 0 Å². The molecule has 2 N–H and O–H groups in total. The molecule has 0 saturated heterocycles. The first-order valence-corrected chi connectivity index (χ1v) is 9.43. The van der Waals surface area contributed by atoms with Gasteiger partial charge in [0.05, 0.1) is 5.60 Å². The maximum absolute atomic E-state index is 13.6. The van der Waals surface area contributed by atoms with Crippen LogP contribution in [0.1, 0.15) is 47.1 Å². The molecule has 0 aliphatic heterocycles. The number of aliphatic hydroxyl groups excluding tert-OH is 1. The van der Waals surface area contributed by atoms with Crippen LogP contribution in [-0.4, -0.2) is 41.2 Å². The van der Waals surface area contributed by atoms with Crippen molar-refractivity contribution < 1.29 is 28.2 Å². The molecular weight excluding hydrogens is 424 g/mol. The number of rotatable bonds is 7. The molecule has 0 fully saturated rings. The lowest BCUT2D eigenvalue weighted by Gasteiger charge is -2.27. The first-order valence-electron chi connectivity index (χ1n) is 8.63. The summed E-state index contributed by atoms with van der Waals surface area (Å²) in [5.41, 5.74) is -0.891. The van der Waals surface area contributed by atoms with E-state index in [-0.39, 0.29) is 13.0 Å². The quantitative estimate of drug-likeness (QED) is 0.375. The molecule has 0 saturated carbocycles. The summed E-state index contributed by atoms with van der Waals surface area (Å²) in [6, 6.07) is 1.15. The highest BCUT2D eigenvalue weighted by molar-refractivity contribution is 9.10. The van der Waals surface area contributed by atoms with Gasteiger partial charge in [-0.15, -0.1) is 0 Å². The van der Waals surface area contributed by atoms with E-state index in [0.717, 1.165) is 12.1 Å². The second-order valence-electron chi connectivity index (χ2n) is 8.24. The normalized spacial score (nSPS) is 14.7. The molecule has 0 bridgehead atoms. The Bertz CT molecular complexity index is 656. The van der Waals surface area contributed by atoms with Gasteiger partial charge in [0.25, 0.3) is 0 Å². The second kappa shape index (κ2) is 9.41. The SMILES string of the molecule is CC(C)(C)OC(=O)[C@H](Cc1cc(F)c(F)cc1Br)NC[C@@H](O)OC(C)(C)C. The number of esters is 1. The van der Waals surface area contributed by atoms with E-state index in [0.29, 0.717) is 10.0 Å². The van der Waals surface area contributed by atoms with Crippen LogP contribution in [0.25, 0.3) is 0 Å². The van der Waals surface area contributed by atoms with Crippen molar-refractivity contribution in [2.45, 2.75) is 71.5 Å². The van der Waals surface area contributed by atoms with Gasteiger partial charge in [-0.1, -0.05) is 15.9 Å². The van der Waals surface area contributed by atoms with Gasteiger partial charge < -0.3 is 14.6 Å². The molecule has 27 heavy (non-hydrogen) atoms. The van der Waals surface area contributed by atoms with Crippen LogP contribution in [0.5, 0.6) is 0 Å². The monoisotopic (exact) mass is 451 g/mol. The number of benzene rings is 1. The molecule has 5 nitrogen and oxygen atoms in total. The van der Waals surface area contributed by atoms with Crippen molar-refractivity contribution in [2.75, 3.05) is 6.54 Å². The number of ether oxygens (including phenoxy) is 2. The minimum atomic E-state index is -1.15. The largest absolute Gasteiger partial charge is 0.459 e. The topological polar surface area (TPSA) is 67.8 Å². The molecule has 1 aromatic rings. The summed E-state index contributed by atoms with van der Waals surface area (Å²) in [5, 5.41) is 12.9. The highest BCUT2D eigenvalue weighted by atomic mass is 79.9. The zero-order chi connectivity index (χ0) is 21.0.